The second-order valence-electron chi connectivity index (χ2n) is 4.04. The van der Waals surface area contributed by atoms with E-state index in [1.54, 1.807) is 0 Å². The van der Waals surface area contributed by atoms with E-state index in [1.807, 2.05) is 0 Å². The Labute approximate surface area is 110 Å². The van der Waals surface area contributed by atoms with Gasteiger partial charge < -0.3 is 0 Å². The normalized spacial score (nSPS) is 12.5. The van der Waals surface area contributed by atoms with Gasteiger partial charge in [-0.2, -0.15) is 26.3 Å². The zero-order chi connectivity index (χ0) is 15.0. The smallest absolute Gasteiger partial charge is 0.166 e. The highest BCUT2D eigenvalue weighted by molar-refractivity contribution is 5.68. The van der Waals surface area contributed by atoms with Crippen molar-refractivity contribution in [1.29, 1.82) is 0 Å². The Kier molecular flexibility index (Phi) is 3.50. The van der Waals surface area contributed by atoms with E-state index >= 15 is 0 Å². The molecule has 0 spiro atoms. The van der Waals surface area contributed by atoms with Crippen molar-refractivity contribution in [1.82, 2.24) is 0 Å². The molecule has 0 aliphatic rings. The van der Waals surface area contributed by atoms with Crippen LogP contribution in [0.25, 0.3) is 11.1 Å². The first kappa shape index (κ1) is 14.4. The van der Waals surface area contributed by atoms with Crippen LogP contribution in [0.1, 0.15) is 11.1 Å². The molecule has 2 rings (SSSR count). The van der Waals surface area contributed by atoms with Crippen LogP contribution in [0.5, 0.6) is 0 Å². The number of benzene rings is 2. The van der Waals surface area contributed by atoms with Crippen LogP contribution in [-0.4, -0.2) is 0 Å². The molecule has 0 atom stereocenters. The van der Waals surface area contributed by atoms with Gasteiger partial charge in [0.2, 0.25) is 0 Å². The SMILES string of the molecule is FC(F)(F)c1cccc(-c2[c]cccc2C(F)(F)F)c1. The van der Waals surface area contributed by atoms with Gasteiger partial charge in [-0.15, -0.1) is 0 Å². The van der Waals surface area contributed by atoms with Crippen LogP contribution in [0.15, 0.2) is 42.5 Å². The fraction of sp³-hybridized carbons (Fsp3) is 0.143. The Balaban J connectivity index is 2.59. The molecule has 20 heavy (non-hydrogen) atoms. The highest BCUT2D eigenvalue weighted by Crippen LogP contribution is 2.38. The number of rotatable bonds is 1. The molecule has 1 radical (unpaired) electrons. The zero-order valence-electron chi connectivity index (χ0n) is 9.81. The van der Waals surface area contributed by atoms with Crippen molar-refractivity contribution in [2.24, 2.45) is 0 Å². The molecule has 0 heterocycles. The van der Waals surface area contributed by atoms with Gasteiger partial charge in [0, 0.05) is 5.56 Å². The second kappa shape index (κ2) is 4.85. The average Bonchev–Trinajstić information content (AvgIpc) is 2.37. The molecule has 0 aliphatic heterocycles. The van der Waals surface area contributed by atoms with Crippen molar-refractivity contribution in [3.8, 4) is 11.1 Å². The monoisotopic (exact) mass is 289 g/mol. The van der Waals surface area contributed by atoms with E-state index in [4.69, 9.17) is 0 Å². The lowest BCUT2D eigenvalue weighted by atomic mass is 9.97. The fourth-order valence-corrected chi connectivity index (χ4v) is 1.76. The van der Waals surface area contributed by atoms with Crippen molar-refractivity contribution >= 4 is 0 Å². The topological polar surface area (TPSA) is 0 Å². The summed E-state index contributed by atoms with van der Waals surface area (Å²) in [4.78, 5) is 0. The van der Waals surface area contributed by atoms with E-state index in [0.717, 1.165) is 24.3 Å². The first-order valence-electron chi connectivity index (χ1n) is 5.45. The Morgan fingerprint density at radius 1 is 0.800 bits per heavy atom. The summed E-state index contributed by atoms with van der Waals surface area (Å²) in [5, 5.41) is 0. The summed E-state index contributed by atoms with van der Waals surface area (Å²) in [6.45, 7) is 0. The lowest BCUT2D eigenvalue weighted by Crippen LogP contribution is -2.08. The molecule has 0 aromatic heterocycles. The van der Waals surface area contributed by atoms with E-state index in [1.165, 1.54) is 12.1 Å². The average molecular weight is 289 g/mol. The first-order valence-corrected chi connectivity index (χ1v) is 5.45. The minimum absolute atomic E-state index is 0.173. The summed E-state index contributed by atoms with van der Waals surface area (Å²) in [6.07, 6.45) is -9.26. The largest absolute Gasteiger partial charge is 0.417 e. The molecule has 0 fully saturated rings. The zero-order valence-corrected chi connectivity index (χ0v) is 9.81. The summed E-state index contributed by atoms with van der Waals surface area (Å²) < 4.78 is 76.2. The molecule has 0 aliphatic carbocycles. The third-order valence-corrected chi connectivity index (χ3v) is 2.64. The quantitative estimate of drug-likeness (QED) is 0.634. The molecule has 0 N–H and O–H groups in total. The standard InChI is InChI=1S/C14H7F6/c15-13(16,17)10-5-3-4-9(8-10)11-6-1-2-7-12(11)14(18,19)20/h1-5,7-8H. The number of alkyl halides is 6. The number of hydrogen-bond acceptors (Lipinski definition) is 0. The summed E-state index contributed by atoms with van der Waals surface area (Å²) in [5.41, 5.74) is -2.58. The molecular weight excluding hydrogens is 282 g/mol. The van der Waals surface area contributed by atoms with E-state index in [0.29, 0.717) is 6.07 Å². The van der Waals surface area contributed by atoms with Crippen LogP contribution in [0.3, 0.4) is 0 Å². The third kappa shape index (κ3) is 2.95. The van der Waals surface area contributed by atoms with Gasteiger partial charge in [-0.25, -0.2) is 0 Å². The highest BCUT2D eigenvalue weighted by Gasteiger charge is 2.34. The minimum atomic E-state index is -4.65. The Bertz CT molecular complexity index is 610. The maximum Gasteiger partial charge on any atom is 0.417 e. The van der Waals surface area contributed by atoms with Crippen LogP contribution in [0.2, 0.25) is 0 Å². The summed E-state index contributed by atoms with van der Waals surface area (Å²) >= 11 is 0. The molecule has 0 saturated carbocycles. The molecule has 0 amide bonds. The van der Waals surface area contributed by atoms with Crippen molar-refractivity contribution in [2.45, 2.75) is 12.4 Å². The van der Waals surface area contributed by atoms with Gasteiger partial charge in [-0.05, 0) is 29.8 Å². The molecule has 0 saturated heterocycles. The maximum absolute atomic E-state index is 12.8. The number of hydrogen-bond donors (Lipinski definition) is 0. The van der Waals surface area contributed by atoms with E-state index < -0.39 is 29.0 Å². The van der Waals surface area contributed by atoms with Crippen LogP contribution < -0.4 is 0 Å². The molecule has 6 heteroatoms. The fourth-order valence-electron chi connectivity index (χ4n) is 1.76. The van der Waals surface area contributed by atoms with E-state index in [9.17, 15) is 26.3 Å². The van der Waals surface area contributed by atoms with Crippen LogP contribution in [0.4, 0.5) is 26.3 Å². The van der Waals surface area contributed by atoms with Crippen LogP contribution >= 0.6 is 0 Å². The van der Waals surface area contributed by atoms with Crippen molar-refractivity contribution in [2.75, 3.05) is 0 Å². The maximum atomic E-state index is 12.8. The van der Waals surface area contributed by atoms with Crippen molar-refractivity contribution < 1.29 is 26.3 Å². The summed E-state index contributed by atoms with van der Waals surface area (Å²) in [5.74, 6) is 0. The highest BCUT2D eigenvalue weighted by atomic mass is 19.4. The van der Waals surface area contributed by atoms with Gasteiger partial charge in [-0.3, -0.25) is 0 Å². The first-order chi connectivity index (χ1) is 9.19. The molecule has 105 valence electrons. The molecule has 2 aromatic carbocycles. The molecule has 2 aromatic rings. The second-order valence-corrected chi connectivity index (χ2v) is 4.04. The molecular formula is C14H7F6. The minimum Gasteiger partial charge on any atom is -0.166 e. The van der Waals surface area contributed by atoms with Crippen molar-refractivity contribution in [3.05, 3.63) is 59.7 Å². The van der Waals surface area contributed by atoms with E-state index in [2.05, 4.69) is 6.07 Å². The molecule has 0 nitrogen and oxygen atoms in total. The van der Waals surface area contributed by atoms with Gasteiger partial charge in [0.15, 0.2) is 0 Å². The number of halogens is 6. The lowest BCUT2D eigenvalue weighted by Gasteiger charge is -2.14. The molecule has 0 bridgehead atoms. The Hall–Kier alpha value is -1.98. The van der Waals surface area contributed by atoms with Gasteiger partial charge in [0.25, 0.3) is 0 Å². The van der Waals surface area contributed by atoms with Crippen LogP contribution in [0, 0.1) is 6.07 Å². The Morgan fingerprint density at radius 3 is 2.10 bits per heavy atom. The summed E-state index contributed by atoms with van der Waals surface area (Å²) in [6, 6.07) is 9.27. The summed E-state index contributed by atoms with van der Waals surface area (Å²) in [7, 11) is 0. The lowest BCUT2D eigenvalue weighted by molar-refractivity contribution is -0.137. The third-order valence-electron chi connectivity index (χ3n) is 2.64. The Morgan fingerprint density at radius 2 is 1.50 bits per heavy atom. The predicted octanol–water partition coefficient (Wildman–Crippen LogP) is 5.19. The predicted molar refractivity (Wildman–Crippen MR) is 60.7 cm³/mol. The van der Waals surface area contributed by atoms with Crippen LogP contribution in [-0.2, 0) is 12.4 Å². The van der Waals surface area contributed by atoms with Gasteiger partial charge in [-0.1, -0.05) is 24.3 Å². The van der Waals surface area contributed by atoms with Crippen molar-refractivity contribution in [3.63, 3.8) is 0 Å². The van der Waals surface area contributed by atoms with Gasteiger partial charge >= 0.3 is 12.4 Å². The van der Waals surface area contributed by atoms with Gasteiger partial charge in [0.1, 0.15) is 0 Å². The van der Waals surface area contributed by atoms with Gasteiger partial charge in [0.05, 0.1) is 11.1 Å². The molecule has 0 unspecified atom stereocenters. The van der Waals surface area contributed by atoms with E-state index in [-0.39, 0.29) is 5.56 Å².